The van der Waals surface area contributed by atoms with E-state index in [0.717, 1.165) is 11.1 Å². The van der Waals surface area contributed by atoms with Crippen molar-refractivity contribution >= 4 is 16.9 Å². The number of fused-ring (bicyclic) bond motifs is 1. The molecule has 0 fully saturated rings. The summed E-state index contributed by atoms with van der Waals surface area (Å²) in [4.78, 5) is 16.7. The Kier molecular flexibility index (Phi) is 4.59. The maximum absolute atomic E-state index is 11.9. The number of hydrogen-bond donors (Lipinski definition) is 1. The molecule has 0 spiro atoms. The molecule has 1 N–H and O–H groups in total. The number of benzene rings is 2. The Hall–Kier alpha value is -2.68. The number of nitrogens with zero attached hydrogens (tertiary/aromatic N) is 1. The molecule has 27 heavy (non-hydrogen) atoms. The lowest BCUT2D eigenvalue weighted by atomic mass is 9.85. The summed E-state index contributed by atoms with van der Waals surface area (Å²) >= 11 is 0. The molecule has 0 aliphatic carbocycles. The molecule has 0 aliphatic heterocycles. The molecule has 0 saturated carbocycles. The van der Waals surface area contributed by atoms with E-state index in [-0.39, 0.29) is 10.8 Å². The van der Waals surface area contributed by atoms with E-state index >= 15 is 0 Å². The predicted octanol–water partition coefficient (Wildman–Crippen LogP) is 6.20. The Balaban J connectivity index is 2.17. The van der Waals surface area contributed by atoms with Crippen LogP contribution in [-0.4, -0.2) is 16.1 Å². The van der Waals surface area contributed by atoms with Gasteiger partial charge in [-0.3, -0.25) is 0 Å². The molecule has 0 unspecified atom stereocenters. The first-order valence-corrected chi connectivity index (χ1v) is 9.26. The van der Waals surface area contributed by atoms with Crippen LogP contribution in [0.2, 0.25) is 0 Å². The summed E-state index contributed by atoms with van der Waals surface area (Å²) in [6, 6.07) is 15.8. The van der Waals surface area contributed by atoms with Crippen LogP contribution in [-0.2, 0) is 10.8 Å². The summed E-state index contributed by atoms with van der Waals surface area (Å²) in [6.45, 7) is 12.9. The molecule has 3 rings (SSSR count). The van der Waals surface area contributed by atoms with E-state index in [4.69, 9.17) is 4.98 Å². The second-order valence-electron chi connectivity index (χ2n) is 9.17. The molecule has 0 aliphatic rings. The number of carboxylic acid groups (broad SMARTS) is 1. The Morgan fingerprint density at radius 3 is 1.89 bits per heavy atom. The average Bonchev–Trinajstić information content (AvgIpc) is 2.58. The number of aromatic nitrogens is 1. The smallest absolute Gasteiger partial charge is 0.336 e. The highest BCUT2D eigenvalue weighted by atomic mass is 16.4. The first-order chi connectivity index (χ1) is 12.5. The molecule has 0 amide bonds. The van der Waals surface area contributed by atoms with Crippen molar-refractivity contribution in [3.8, 4) is 11.3 Å². The van der Waals surface area contributed by atoms with Gasteiger partial charge in [0.25, 0.3) is 0 Å². The van der Waals surface area contributed by atoms with Crippen LogP contribution in [0.25, 0.3) is 22.2 Å². The summed E-state index contributed by atoms with van der Waals surface area (Å²) in [6.07, 6.45) is 0. The van der Waals surface area contributed by atoms with Gasteiger partial charge in [0.15, 0.2) is 0 Å². The molecule has 3 nitrogen and oxygen atoms in total. The van der Waals surface area contributed by atoms with Gasteiger partial charge in [-0.15, -0.1) is 0 Å². The minimum absolute atomic E-state index is 0.0502. The summed E-state index contributed by atoms with van der Waals surface area (Å²) in [5.41, 5.74) is 4.97. The predicted molar refractivity (Wildman–Crippen MR) is 112 cm³/mol. The zero-order valence-electron chi connectivity index (χ0n) is 16.9. The normalized spacial score (nSPS) is 12.4. The van der Waals surface area contributed by atoms with Crippen molar-refractivity contribution in [2.75, 3.05) is 0 Å². The van der Waals surface area contributed by atoms with Gasteiger partial charge in [-0.05, 0) is 40.2 Å². The molecular weight excluding hydrogens is 334 g/mol. The SMILES string of the molecule is CC(C)(C)c1ccc(-c2cc(C(=O)O)c3cc(C(C)(C)C)ccc3n2)cc1. The van der Waals surface area contributed by atoms with Crippen molar-refractivity contribution in [3.05, 3.63) is 65.2 Å². The zero-order valence-corrected chi connectivity index (χ0v) is 16.9. The molecule has 3 heteroatoms. The average molecular weight is 361 g/mol. The van der Waals surface area contributed by atoms with Crippen molar-refractivity contribution in [1.82, 2.24) is 4.98 Å². The lowest BCUT2D eigenvalue weighted by Crippen LogP contribution is -2.11. The molecule has 0 saturated heterocycles. The van der Waals surface area contributed by atoms with Crippen LogP contribution in [0, 0.1) is 0 Å². The van der Waals surface area contributed by atoms with Gasteiger partial charge in [-0.2, -0.15) is 0 Å². The quantitative estimate of drug-likeness (QED) is 0.591. The lowest BCUT2D eigenvalue weighted by molar-refractivity contribution is 0.0699. The Morgan fingerprint density at radius 2 is 1.37 bits per heavy atom. The minimum Gasteiger partial charge on any atom is -0.478 e. The fourth-order valence-corrected chi connectivity index (χ4v) is 3.16. The van der Waals surface area contributed by atoms with Crippen LogP contribution < -0.4 is 0 Å². The second-order valence-corrected chi connectivity index (χ2v) is 9.17. The summed E-state index contributed by atoms with van der Waals surface area (Å²) in [5.74, 6) is -0.930. The van der Waals surface area contributed by atoms with Gasteiger partial charge in [0.1, 0.15) is 0 Å². The highest BCUT2D eigenvalue weighted by molar-refractivity contribution is 6.04. The number of pyridine rings is 1. The van der Waals surface area contributed by atoms with Crippen molar-refractivity contribution in [3.63, 3.8) is 0 Å². The van der Waals surface area contributed by atoms with E-state index in [1.165, 1.54) is 5.56 Å². The summed E-state index contributed by atoms with van der Waals surface area (Å²) in [7, 11) is 0. The molecule has 1 aromatic heterocycles. The molecule has 0 bridgehead atoms. The second kappa shape index (κ2) is 6.49. The first kappa shape index (κ1) is 19.1. The maximum atomic E-state index is 11.9. The fourth-order valence-electron chi connectivity index (χ4n) is 3.16. The Morgan fingerprint density at radius 1 is 0.815 bits per heavy atom. The van der Waals surface area contributed by atoms with E-state index in [9.17, 15) is 9.90 Å². The third kappa shape index (κ3) is 3.87. The number of carbonyl (C=O) groups is 1. The van der Waals surface area contributed by atoms with Crippen LogP contribution in [0.15, 0.2) is 48.5 Å². The highest BCUT2D eigenvalue weighted by Gasteiger charge is 2.19. The topological polar surface area (TPSA) is 50.2 Å². The lowest BCUT2D eigenvalue weighted by Gasteiger charge is -2.20. The molecule has 3 aromatic rings. The number of rotatable bonds is 2. The first-order valence-electron chi connectivity index (χ1n) is 9.26. The van der Waals surface area contributed by atoms with Gasteiger partial charge < -0.3 is 5.11 Å². The summed E-state index contributed by atoms with van der Waals surface area (Å²) < 4.78 is 0. The van der Waals surface area contributed by atoms with Gasteiger partial charge >= 0.3 is 5.97 Å². The third-order valence-electron chi connectivity index (χ3n) is 4.95. The van der Waals surface area contributed by atoms with Crippen LogP contribution in [0.3, 0.4) is 0 Å². The Labute approximate surface area is 161 Å². The van der Waals surface area contributed by atoms with Gasteiger partial charge in [-0.25, -0.2) is 9.78 Å². The van der Waals surface area contributed by atoms with Crippen molar-refractivity contribution in [2.24, 2.45) is 0 Å². The van der Waals surface area contributed by atoms with Gasteiger partial charge in [0, 0.05) is 10.9 Å². The maximum Gasteiger partial charge on any atom is 0.336 e. The standard InChI is InChI=1S/C24H27NO2/c1-23(2,3)16-9-7-15(8-10-16)21-14-19(22(26)27)18-13-17(24(4,5)6)11-12-20(18)25-21/h7-14H,1-6H3,(H,26,27). The molecule has 2 aromatic carbocycles. The highest BCUT2D eigenvalue weighted by Crippen LogP contribution is 2.31. The van der Waals surface area contributed by atoms with Gasteiger partial charge in [-0.1, -0.05) is 71.9 Å². The molecule has 0 radical (unpaired) electrons. The van der Waals surface area contributed by atoms with E-state index < -0.39 is 5.97 Å². The molecule has 1 heterocycles. The number of carboxylic acids is 1. The largest absolute Gasteiger partial charge is 0.478 e. The monoisotopic (exact) mass is 361 g/mol. The fraction of sp³-hybridized carbons (Fsp3) is 0.333. The van der Waals surface area contributed by atoms with Crippen LogP contribution >= 0.6 is 0 Å². The van der Waals surface area contributed by atoms with Crippen LogP contribution in [0.1, 0.15) is 63.0 Å². The van der Waals surface area contributed by atoms with E-state index in [2.05, 4.69) is 53.7 Å². The van der Waals surface area contributed by atoms with Crippen LogP contribution in [0.5, 0.6) is 0 Å². The third-order valence-corrected chi connectivity index (χ3v) is 4.95. The molecular formula is C24H27NO2. The van der Waals surface area contributed by atoms with Crippen molar-refractivity contribution < 1.29 is 9.90 Å². The van der Waals surface area contributed by atoms with E-state index in [1.807, 2.05) is 30.3 Å². The zero-order chi connectivity index (χ0) is 20.0. The van der Waals surface area contributed by atoms with Crippen LogP contribution in [0.4, 0.5) is 0 Å². The van der Waals surface area contributed by atoms with E-state index in [1.54, 1.807) is 6.07 Å². The summed E-state index contributed by atoms with van der Waals surface area (Å²) in [5, 5.41) is 10.5. The van der Waals surface area contributed by atoms with Crippen molar-refractivity contribution in [1.29, 1.82) is 0 Å². The van der Waals surface area contributed by atoms with Crippen molar-refractivity contribution in [2.45, 2.75) is 52.4 Å². The number of aromatic carboxylic acids is 1. The molecule has 0 atom stereocenters. The minimum atomic E-state index is -0.930. The van der Waals surface area contributed by atoms with E-state index in [0.29, 0.717) is 22.2 Å². The number of hydrogen-bond acceptors (Lipinski definition) is 2. The molecule has 140 valence electrons. The Bertz CT molecular complexity index is 1000. The van der Waals surface area contributed by atoms with Gasteiger partial charge in [0.2, 0.25) is 0 Å². The van der Waals surface area contributed by atoms with Gasteiger partial charge in [0.05, 0.1) is 16.8 Å².